The molecule has 0 unspecified atom stereocenters. The molecule has 2 rings (SSSR count). The summed E-state index contributed by atoms with van der Waals surface area (Å²) < 4.78 is 0. The zero-order valence-corrected chi connectivity index (χ0v) is 13.6. The van der Waals surface area contributed by atoms with Crippen LogP contribution in [0.3, 0.4) is 0 Å². The summed E-state index contributed by atoms with van der Waals surface area (Å²) in [6.45, 7) is 7.74. The maximum atomic E-state index is 12.7. The second-order valence-corrected chi connectivity index (χ2v) is 5.70. The van der Waals surface area contributed by atoms with E-state index in [4.69, 9.17) is 0 Å². The normalized spacial score (nSPS) is 16.7. The van der Waals surface area contributed by atoms with Crippen LogP contribution in [0, 0.1) is 0 Å². The van der Waals surface area contributed by atoms with Gasteiger partial charge in [0.25, 0.3) is 0 Å². The number of hydrogen-bond donors (Lipinski definition) is 1. The maximum absolute atomic E-state index is 12.7. The molecule has 5 nitrogen and oxygen atoms in total. The van der Waals surface area contributed by atoms with Gasteiger partial charge in [0, 0.05) is 18.3 Å². The molecule has 1 aliphatic rings. The van der Waals surface area contributed by atoms with Gasteiger partial charge in [0.15, 0.2) is 0 Å². The number of nitrogens with zero attached hydrogens (tertiary/aromatic N) is 2. The van der Waals surface area contributed by atoms with Gasteiger partial charge >= 0.3 is 0 Å². The molecule has 0 saturated carbocycles. The Morgan fingerprint density at radius 3 is 2.68 bits per heavy atom. The first-order chi connectivity index (χ1) is 10.6. The number of carbonyl (C=O) groups is 2. The lowest BCUT2D eigenvalue weighted by Gasteiger charge is -2.26. The number of hydrogen-bond acceptors (Lipinski definition) is 3. The Labute approximate surface area is 132 Å². The molecule has 0 radical (unpaired) electrons. The van der Waals surface area contributed by atoms with Crippen LogP contribution in [0.4, 0.5) is 5.69 Å². The van der Waals surface area contributed by atoms with Gasteiger partial charge in [-0.05, 0) is 38.4 Å². The molecule has 120 valence electrons. The molecule has 1 N–H and O–H groups in total. The van der Waals surface area contributed by atoms with Crippen LogP contribution in [-0.2, 0) is 16.0 Å². The Bertz CT molecular complexity index is 544. The minimum atomic E-state index is -0.0352. The highest BCUT2D eigenvalue weighted by molar-refractivity contribution is 5.97. The molecule has 1 atom stereocenters. The predicted molar refractivity (Wildman–Crippen MR) is 87.9 cm³/mol. The molecule has 1 aromatic carbocycles. The molecule has 2 amide bonds. The number of para-hydroxylation sites is 1. The van der Waals surface area contributed by atoms with Gasteiger partial charge in [-0.1, -0.05) is 25.1 Å². The highest BCUT2D eigenvalue weighted by Gasteiger charge is 2.31. The minimum absolute atomic E-state index is 0.0352. The van der Waals surface area contributed by atoms with Crippen LogP contribution in [0.15, 0.2) is 24.3 Å². The third-order valence-electron chi connectivity index (χ3n) is 4.02. The second-order valence-electron chi connectivity index (χ2n) is 5.70. The Balaban J connectivity index is 2.03. The van der Waals surface area contributed by atoms with E-state index in [1.165, 1.54) is 5.56 Å². The summed E-state index contributed by atoms with van der Waals surface area (Å²) in [6.07, 6.45) is 0.893. The first kappa shape index (κ1) is 16.5. The smallest absolute Gasteiger partial charge is 0.241 e. The zero-order chi connectivity index (χ0) is 16.1. The van der Waals surface area contributed by atoms with Crippen molar-refractivity contribution in [1.82, 2.24) is 10.2 Å². The molecule has 1 heterocycles. The summed E-state index contributed by atoms with van der Waals surface area (Å²) in [5.74, 6) is 0.0237. The zero-order valence-electron chi connectivity index (χ0n) is 13.6. The van der Waals surface area contributed by atoms with Crippen molar-refractivity contribution in [3.8, 4) is 0 Å². The fraction of sp³-hybridized carbons (Fsp3) is 0.529. The van der Waals surface area contributed by atoms with Gasteiger partial charge < -0.3 is 10.2 Å². The molecular formula is C17H25N3O2. The molecule has 0 fully saturated rings. The van der Waals surface area contributed by atoms with Crippen molar-refractivity contribution in [2.75, 3.05) is 31.1 Å². The van der Waals surface area contributed by atoms with E-state index in [1.54, 1.807) is 0 Å². The summed E-state index contributed by atoms with van der Waals surface area (Å²) in [6, 6.07) is 8.21. The highest BCUT2D eigenvalue weighted by atomic mass is 16.2. The van der Waals surface area contributed by atoms with Crippen molar-refractivity contribution in [2.24, 2.45) is 0 Å². The molecule has 5 heteroatoms. The summed E-state index contributed by atoms with van der Waals surface area (Å²) in [5.41, 5.74) is 2.23. The van der Waals surface area contributed by atoms with E-state index in [0.29, 0.717) is 13.1 Å². The topological polar surface area (TPSA) is 52.7 Å². The average molecular weight is 303 g/mol. The van der Waals surface area contributed by atoms with Crippen LogP contribution < -0.4 is 10.2 Å². The van der Waals surface area contributed by atoms with Crippen molar-refractivity contribution in [3.05, 3.63) is 29.8 Å². The number of anilines is 1. The lowest BCUT2D eigenvalue weighted by molar-refractivity contribution is -0.124. The van der Waals surface area contributed by atoms with Gasteiger partial charge in [-0.25, -0.2) is 0 Å². The Kier molecular flexibility index (Phi) is 5.55. The number of nitrogens with one attached hydrogen (secondary N) is 1. The molecule has 0 bridgehead atoms. The monoisotopic (exact) mass is 303 g/mol. The number of rotatable bonds is 6. The predicted octanol–water partition coefficient (Wildman–Crippen LogP) is 1.42. The third kappa shape index (κ3) is 3.65. The minimum Gasteiger partial charge on any atom is -0.355 e. The van der Waals surface area contributed by atoms with Crippen LogP contribution in [-0.4, -0.2) is 48.9 Å². The van der Waals surface area contributed by atoms with Crippen LogP contribution >= 0.6 is 0 Å². The molecule has 0 aromatic heterocycles. The van der Waals surface area contributed by atoms with Gasteiger partial charge in [-0.15, -0.1) is 0 Å². The SMILES string of the molecule is CCNC(=O)CN(CC)CC(=O)N1c2ccccc2C[C@@H]1C. The lowest BCUT2D eigenvalue weighted by atomic mass is 10.1. The summed E-state index contributed by atoms with van der Waals surface area (Å²) in [7, 11) is 0. The number of likely N-dealkylation sites (N-methyl/N-ethyl adjacent to an activating group) is 2. The van der Waals surface area contributed by atoms with Crippen molar-refractivity contribution >= 4 is 17.5 Å². The fourth-order valence-corrected chi connectivity index (χ4v) is 2.95. The quantitative estimate of drug-likeness (QED) is 0.865. The molecule has 0 aliphatic carbocycles. The van der Waals surface area contributed by atoms with E-state index in [2.05, 4.69) is 18.3 Å². The van der Waals surface area contributed by atoms with Crippen molar-refractivity contribution in [1.29, 1.82) is 0 Å². The van der Waals surface area contributed by atoms with Gasteiger partial charge in [0.1, 0.15) is 0 Å². The van der Waals surface area contributed by atoms with Gasteiger partial charge in [0.05, 0.1) is 13.1 Å². The van der Waals surface area contributed by atoms with E-state index in [9.17, 15) is 9.59 Å². The van der Waals surface area contributed by atoms with Gasteiger partial charge in [0.2, 0.25) is 11.8 Å². The summed E-state index contributed by atoms with van der Waals surface area (Å²) in [4.78, 5) is 28.1. The molecular weight excluding hydrogens is 278 g/mol. The molecule has 1 aliphatic heterocycles. The van der Waals surface area contributed by atoms with E-state index < -0.39 is 0 Å². The van der Waals surface area contributed by atoms with Crippen LogP contribution in [0.2, 0.25) is 0 Å². The van der Waals surface area contributed by atoms with Crippen molar-refractivity contribution < 1.29 is 9.59 Å². The third-order valence-corrected chi connectivity index (χ3v) is 4.02. The Morgan fingerprint density at radius 1 is 1.27 bits per heavy atom. The van der Waals surface area contributed by atoms with E-state index >= 15 is 0 Å². The second kappa shape index (κ2) is 7.40. The molecule has 1 aromatic rings. The van der Waals surface area contributed by atoms with E-state index in [1.807, 2.05) is 41.8 Å². The molecule has 0 spiro atoms. The average Bonchev–Trinajstić information content (AvgIpc) is 2.82. The van der Waals surface area contributed by atoms with Crippen molar-refractivity contribution in [3.63, 3.8) is 0 Å². The number of fused-ring (bicyclic) bond motifs is 1. The number of amides is 2. The Hall–Kier alpha value is -1.88. The van der Waals surface area contributed by atoms with Crippen molar-refractivity contribution in [2.45, 2.75) is 33.2 Å². The van der Waals surface area contributed by atoms with Crippen LogP contribution in [0.5, 0.6) is 0 Å². The van der Waals surface area contributed by atoms with Gasteiger partial charge in [-0.3, -0.25) is 14.5 Å². The van der Waals surface area contributed by atoms with Gasteiger partial charge in [-0.2, -0.15) is 0 Å². The first-order valence-electron chi connectivity index (χ1n) is 7.95. The Morgan fingerprint density at radius 2 is 2.00 bits per heavy atom. The summed E-state index contributed by atoms with van der Waals surface area (Å²) >= 11 is 0. The standard InChI is InChI=1S/C17H25N3O2/c1-4-18-16(21)11-19(5-2)12-17(22)20-13(3)10-14-8-6-7-9-15(14)20/h6-9,13H,4-5,10-12H2,1-3H3,(H,18,21)/t13-/m0/s1. The number of benzene rings is 1. The number of carbonyl (C=O) groups excluding carboxylic acids is 2. The molecule has 0 saturated heterocycles. The lowest BCUT2D eigenvalue weighted by Crippen LogP contribution is -2.46. The summed E-state index contributed by atoms with van der Waals surface area (Å²) in [5, 5.41) is 2.77. The largest absolute Gasteiger partial charge is 0.355 e. The maximum Gasteiger partial charge on any atom is 0.241 e. The first-order valence-corrected chi connectivity index (χ1v) is 7.95. The van der Waals surface area contributed by atoms with E-state index in [0.717, 1.165) is 12.1 Å². The van der Waals surface area contributed by atoms with Crippen LogP contribution in [0.1, 0.15) is 26.3 Å². The fourth-order valence-electron chi connectivity index (χ4n) is 2.95. The highest BCUT2D eigenvalue weighted by Crippen LogP contribution is 2.31. The van der Waals surface area contributed by atoms with E-state index in [-0.39, 0.29) is 30.9 Å². The van der Waals surface area contributed by atoms with Crippen LogP contribution in [0.25, 0.3) is 0 Å². The molecule has 22 heavy (non-hydrogen) atoms.